The second-order valence-corrected chi connectivity index (χ2v) is 4.74. The molecule has 0 aromatic heterocycles. The van der Waals surface area contributed by atoms with Gasteiger partial charge in [-0.2, -0.15) is 0 Å². The van der Waals surface area contributed by atoms with Crippen molar-refractivity contribution in [3.05, 3.63) is 53.6 Å². The van der Waals surface area contributed by atoms with Crippen LogP contribution in [0.3, 0.4) is 0 Å². The molecule has 0 unspecified atom stereocenters. The van der Waals surface area contributed by atoms with Crippen molar-refractivity contribution in [1.29, 1.82) is 0 Å². The number of para-hydroxylation sites is 1. The highest BCUT2D eigenvalue weighted by molar-refractivity contribution is 6.10. The van der Waals surface area contributed by atoms with E-state index in [0.29, 0.717) is 28.5 Å². The third kappa shape index (κ3) is 3.63. The zero-order valence-corrected chi connectivity index (χ0v) is 13.3. The molecule has 5 nitrogen and oxygen atoms in total. The summed E-state index contributed by atoms with van der Waals surface area (Å²) in [5.41, 5.74) is 7.48. The monoisotopic (exact) mass is 313 g/mol. The summed E-state index contributed by atoms with van der Waals surface area (Å²) in [7, 11) is 4.62. The highest BCUT2D eigenvalue weighted by Crippen LogP contribution is 2.38. The molecule has 5 heteroatoms. The van der Waals surface area contributed by atoms with E-state index in [1.165, 1.54) is 13.2 Å². The molecule has 0 amide bonds. The van der Waals surface area contributed by atoms with Crippen LogP contribution in [0.2, 0.25) is 0 Å². The van der Waals surface area contributed by atoms with Gasteiger partial charge >= 0.3 is 0 Å². The lowest BCUT2D eigenvalue weighted by Gasteiger charge is -2.12. The molecule has 2 aromatic rings. The molecule has 0 saturated heterocycles. The Morgan fingerprint density at radius 3 is 2.13 bits per heavy atom. The number of hydrogen-bond acceptors (Lipinski definition) is 5. The fourth-order valence-electron chi connectivity index (χ4n) is 2.18. The maximum atomic E-state index is 12.2. The lowest BCUT2D eigenvalue weighted by molar-refractivity contribution is 0.104. The van der Waals surface area contributed by atoms with Crippen LogP contribution in [0.25, 0.3) is 6.08 Å². The van der Waals surface area contributed by atoms with Crippen molar-refractivity contribution in [3.8, 4) is 17.2 Å². The largest absolute Gasteiger partial charge is 0.493 e. The van der Waals surface area contributed by atoms with Gasteiger partial charge in [-0.15, -0.1) is 0 Å². The van der Waals surface area contributed by atoms with Crippen LogP contribution in [0, 0.1) is 0 Å². The van der Waals surface area contributed by atoms with E-state index >= 15 is 0 Å². The van der Waals surface area contributed by atoms with E-state index in [1.807, 2.05) is 0 Å². The molecule has 120 valence electrons. The molecule has 0 aliphatic carbocycles. The second-order valence-electron chi connectivity index (χ2n) is 4.74. The Labute approximate surface area is 135 Å². The highest BCUT2D eigenvalue weighted by atomic mass is 16.5. The van der Waals surface area contributed by atoms with Crippen LogP contribution >= 0.6 is 0 Å². The van der Waals surface area contributed by atoms with Crippen molar-refractivity contribution >= 4 is 17.5 Å². The van der Waals surface area contributed by atoms with Crippen molar-refractivity contribution in [2.75, 3.05) is 27.1 Å². The lowest BCUT2D eigenvalue weighted by Crippen LogP contribution is -2.00. The Morgan fingerprint density at radius 2 is 1.61 bits per heavy atom. The smallest absolute Gasteiger partial charge is 0.203 e. The number of ketones is 1. The summed E-state index contributed by atoms with van der Waals surface area (Å²) < 4.78 is 15.8. The number of carbonyl (C=O) groups is 1. The summed E-state index contributed by atoms with van der Waals surface area (Å²) >= 11 is 0. The molecule has 0 spiro atoms. The van der Waals surface area contributed by atoms with E-state index in [0.717, 1.165) is 5.56 Å². The Kier molecular flexibility index (Phi) is 5.25. The van der Waals surface area contributed by atoms with Crippen LogP contribution in [-0.2, 0) is 0 Å². The fourth-order valence-corrected chi connectivity index (χ4v) is 2.18. The molecule has 0 aliphatic rings. The van der Waals surface area contributed by atoms with Gasteiger partial charge in [-0.1, -0.05) is 18.2 Å². The predicted molar refractivity (Wildman–Crippen MR) is 90.3 cm³/mol. The minimum Gasteiger partial charge on any atom is -0.493 e. The summed E-state index contributed by atoms with van der Waals surface area (Å²) in [6, 6.07) is 10.5. The molecule has 2 aromatic carbocycles. The highest BCUT2D eigenvalue weighted by Gasteiger charge is 2.12. The Morgan fingerprint density at radius 1 is 1.00 bits per heavy atom. The quantitative estimate of drug-likeness (QED) is 0.504. The average Bonchev–Trinajstić information content (AvgIpc) is 2.58. The zero-order valence-electron chi connectivity index (χ0n) is 13.3. The van der Waals surface area contributed by atoms with Crippen molar-refractivity contribution in [2.24, 2.45) is 0 Å². The minimum atomic E-state index is -0.170. The lowest BCUT2D eigenvalue weighted by atomic mass is 10.1. The fraction of sp³-hybridized carbons (Fsp3) is 0.167. The van der Waals surface area contributed by atoms with Crippen molar-refractivity contribution < 1.29 is 19.0 Å². The summed E-state index contributed by atoms with van der Waals surface area (Å²) in [6.45, 7) is 0. The van der Waals surface area contributed by atoms with Gasteiger partial charge < -0.3 is 19.9 Å². The number of methoxy groups -OCH3 is 3. The van der Waals surface area contributed by atoms with Crippen LogP contribution in [0.4, 0.5) is 5.69 Å². The van der Waals surface area contributed by atoms with Crippen LogP contribution in [0.5, 0.6) is 17.2 Å². The van der Waals surface area contributed by atoms with E-state index in [4.69, 9.17) is 19.9 Å². The van der Waals surface area contributed by atoms with E-state index < -0.39 is 0 Å². The van der Waals surface area contributed by atoms with Gasteiger partial charge in [0.2, 0.25) is 5.75 Å². The number of nitrogen functional groups attached to an aromatic ring is 1. The van der Waals surface area contributed by atoms with Crippen LogP contribution in [0.15, 0.2) is 42.5 Å². The number of rotatable bonds is 6. The van der Waals surface area contributed by atoms with E-state index in [2.05, 4.69) is 0 Å². The van der Waals surface area contributed by atoms with Crippen molar-refractivity contribution in [1.82, 2.24) is 0 Å². The normalized spacial score (nSPS) is 10.6. The summed E-state index contributed by atoms with van der Waals surface area (Å²) in [5, 5.41) is 0. The second kappa shape index (κ2) is 7.35. The Balaban J connectivity index is 2.32. The van der Waals surface area contributed by atoms with E-state index in [-0.39, 0.29) is 5.78 Å². The topological polar surface area (TPSA) is 70.8 Å². The first-order valence-corrected chi connectivity index (χ1v) is 6.97. The first-order chi connectivity index (χ1) is 11.1. The van der Waals surface area contributed by atoms with Gasteiger partial charge in [-0.3, -0.25) is 4.79 Å². The number of carbonyl (C=O) groups excluding carboxylic acids is 1. The average molecular weight is 313 g/mol. The molecule has 0 heterocycles. The first kappa shape index (κ1) is 16.4. The summed E-state index contributed by atoms with van der Waals surface area (Å²) in [4.78, 5) is 12.2. The number of allylic oxidation sites excluding steroid dienone is 1. The molecule has 0 radical (unpaired) electrons. The number of anilines is 1. The predicted octanol–water partition coefficient (Wildman–Crippen LogP) is 3.19. The number of nitrogens with two attached hydrogens (primary N) is 1. The van der Waals surface area contributed by atoms with Crippen LogP contribution in [-0.4, -0.2) is 27.1 Å². The Hall–Kier alpha value is -2.95. The first-order valence-electron chi connectivity index (χ1n) is 6.97. The van der Waals surface area contributed by atoms with Gasteiger partial charge in [-0.25, -0.2) is 0 Å². The standard InChI is InChI=1S/C18H19NO4/c1-21-16-10-12(11-17(22-2)18(16)23-3)8-9-15(20)13-6-4-5-7-14(13)19/h4-11H,19H2,1-3H3. The molecular weight excluding hydrogens is 294 g/mol. The number of ether oxygens (including phenoxy) is 3. The van der Waals surface area contributed by atoms with Crippen LogP contribution < -0.4 is 19.9 Å². The maximum Gasteiger partial charge on any atom is 0.203 e. The third-order valence-corrected chi connectivity index (χ3v) is 3.34. The third-order valence-electron chi connectivity index (χ3n) is 3.34. The van der Waals surface area contributed by atoms with Gasteiger partial charge in [0, 0.05) is 11.3 Å². The van der Waals surface area contributed by atoms with E-state index in [9.17, 15) is 4.79 Å². The summed E-state index contributed by atoms with van der Waals surface area (Å²) in [5.74, 6) is 1.39. The molecule has 0 aliphatic heterocycles. The number of benzene rings is 2. The van der Waals surface area contributed by atoms with Crippen molar-refractivity contribution in [3.63, 3.8) is 0 Å². The van der Waals surface area contributed by atoms with E-state index in [1.54, 1.807) is 56.7 Å². The molecule has 0 bridgehead atoms. The van der Waals surface area contributed by atoms with Gasteiger partial charge in [-0.05, 0) is 35.9 Å². The Bertz CT molecular complexity index is 713. The maximum absolute atomic E-state index is 12.2. The van der Waals surface area contributed by atoms with Crippen LogP contribution in [0.1, 0.15) is 15.9 Å². The number of hydrogen-bond donors (Lipinski definition) is 1. The van der Waals surface area contributed by atoms with Crippen molar-refractivity contribution in [2.45, 2.75) is 0 Å². The van der Waals surface area contributed by atoms with Gasteiger partial charge in [0.05, 0.1) is 21.3 Å². The van der Waals surface area contributed by atoms with Gasteiger partial charge in [0.15, 0.2) is 17.3 Å². The molecular formula is C18H19NO4. The molecule has 0 atom stereocenters. The molecule has 2 rings (SSSR count). The van der Waals surface area contributed by atoms with Gasteiger partial charge in [0.25, 0.3) is 0 Å². The summed E-state index contributed by atoms with van der Waals surface area (Å²) in [6.07, 6.45) is 3.14. The molecule has 0 fully saturated rings. The molecule has 2 N–H and O–H groups in total. The minimum absolute atomic E-state index is 0.170. The zero-order chi connectivity index (χ0) is 16.8. The SMILES string of the molecule is COc1cc(C=CC(=O)c2ccccc2N)cc(OC)c1OC. The van der Waals surface area contributed by atoms with Gasteiger partial charge in [0.1, 0.15) is 0 Å². The molecule has 23 heavy (non-hydrogen) atoms. The molecule has 0 saturated carbocycles.